The number of aromatic nitrogens is 3. The maximum atomic E-state index is 12.0. The van der Waals surface area contributed by atoms with Gasteiger partial charge in [-0.2, -0.15) is 0 Å². The van der Waals surface area contributed by atoms with Gasteiger partial charge < -0.3 is 15.5 Å². The number of nitrogens with zero attached hydrogens (tertiary/aromatic N) is 2. The fourth-order valence-corrected chi connectivity index (χ4v) is 1.68. The first kappa shape index (κ1) is 13.7. The number of aliphatic hydroxyl groups excluding tert-OH is 1. The quantitative estimate of drug-likeness (QED) is 0.538. The third-order valence-electron chi connectivity index (χ3n) is 2.66. The highest BCUT2D eigenvalue weighted by Gasteiger charge is 2.22. The fraction of sp³-hybridized carbons (Fsp3) is 0.273. The van der Waals surface area contributed by atoms with Crippen LogP contribution in [-0.4, -0.2) is 49.3 Å². The number of amides is 1. The molecule has 106 valence electrons. The Morgan fingerprint density at radius 3 is 2.85 bits per heavy atom. The van der Waals surface area contributed by atoms with Gasteiger partial charge in [0.1, 0.15) is 5.56 Å². The lowest BCUT2D eigenvalue weighted by molar-refractivity contribution is -0.140. The molecule has 9 nitrogen and oxygen atoms in total. The molecule has 4 N–H and O–H groups in total. The zero-order valence-corrected chi connectivity index (χ0v) is 10.5. The number of aliphatic carboxylic acids is 1. The van der Waals surface area contributed by atoms with Crippen molar-refractivity contribution in [1.82, 2.24) is 19.9 Å². The lowest BCUT2D eigenvalue weighted by atomic mass is 10.2. The number of hydrogen-bond acceptors (Lipinski definition) is 5. The summed E-state index contributed by atoms with van der Waals surface area (Å²) in [6.07, 6.45) is 1.24. The van der Waals surface area contributed by atoms with Crippen molar-refractivity contribution in [1.29, 1.82) is 0 Å². The van der Waals surface area contributed by atoms with Gasteiger partial charge in [-0.05, 0) is 6.92 Å². The number of hydrogen-bond donors (Lipinski definition) is 4. The van der Waals surface area contributed by atoms with E-state index in [2.05, 4.69) is 15.4 Å². The minimum absolute atomic E-state index is 0.0190. The summed E-state index contributed by atoms with van der Waals surface area (Å²) in [5.41, 5.74) is 0.157. The van der Waals surface area contributed by atoms with Gasteiger partial charge in [-0.1, -0.05) is 0 Å². The molecule has 1 amide bonds. The lowest BCUT2D eigenvalue weighted by Gasteiger charge is -2.10. The van der Waals surface area contributed by atoms with Crippen LogP contribution in [0.1, 0.15) is 16.1 Å². The van der Waals surface area contributed by atoms with E-state index in [1.54, 1.807) is 6.92 Å². The third kappa shape index (κ3) is 2.38. The highest BCUT2D eigenvalue weighted by molar-refractivity contribution is 6.01. The Morgan fingerprint density at radius 2 is 2.25 bits per heavy atom. The molecular formula is C11H12N4O5. The summed E-state index contributed by atoms with van der Waals surface area (Å²) >= 11 is 0. The minimum Gasteiger partial charge on any atom is -0.480 e. The second kappa shape index (κ2) is 5.13. The van der Waals surface area contributed by atoms with Gasteiger partial charge in [0.2, 0.25) is 0 Å². The molecule has 0 radical (unpaired) electrons. The standard InChI is InChI=1S/C11H12N4O5/c1-5-2-8(17)15-9(13-5)6(3-12-15)10(18)14-7(4-16)11(19)20/h2-3,7,12,16H,4H2,1H3,(H,14,18)(H,19,20). The monoisotopic (exact) mass is 280 g/mol. The van der Waals surface area contributed by atoms with E-state index in [0.717, 1.165) is 4.52 Å². The second-order valence-electron chi connectivity index (χ2n) is 4.13. The van der Waals surface area contributed by atoms with Crippen LogP contribution < -0.4 is 10.9 Å². The van der Waals surface area contributed by atoms with Crippen molar-refractivity contribution in [3.8, 4) is 0 Å². The van der Waals surface area contributed by atoms with Gasteiger partial charge >= 0.3 is 5.97 Å². The van der Waals surface area contributed by atoms with E-state index in [1.807, 2.05) is 0 Å². The van der Waals surface area contributed by atoms with E-state index in [0.29, 0.717) is 5.69 Å². The molecule has 0 fully saturated rings. The number of aliphatic hydroxyl groups is 1. The van der Waals surface area contributed by atoms with Gasteiger partial charge in [0.05, 0.1) is 6.61 Å². The van der Waals surface area contributed by atoms with E-state index < -0.39 is 24.5 Å². The Bertz CT molecular complexity index is 732. The van der Waals surface area contributed by atoms with Crippen LogP contribution in [0.15, 0.2) is 17.1 Å². The molecule has 1 unspecified atom stereocenters. The van der Waals surface area contributed by atoms with Gasteiger partial charge in [0, 0.05) is 18.0 Å². The summed E-state index contributed by atoms with van der Waals surface area (Å²) in [4.78, 5) is 38.4. The third-order valence-corrected chi connectivity index (χ3v) is 2.66. The average Bonchev–Trinajstić information content (AvgIpc) is 2.79. The molecule has 0 aliphatic carbocycles. The van der Waals surface area contributed by atoms with Crippen molar-refractivity contribution >= 4 is 17.5 Å². The predicted molar refractivity (Wildman–Crippen MR) is 66.5 cm³/mol. The first-order valence-electron chi connectivity index (χ1n) is 5.66. The topological polar surface area (TPSA) is 137 Å². The highest BCUT2D eigenvalue weighted by atomic mass is 16.4. The van der Waals surface area contributed by atoms with Crippen LogP contribution >= 0.6 is 0 Å². The Kier molecular flexibility index (Phi) is 3.53. The normalized spacial score (nSPS) is 12.3. The van der Waals surface area contributed by atoms with E-state index in [-0.39, 0.29) is 16.8 Å². The molecule has 2 heterocycles. The molecule has 1 atom stereocenters. The maximum Gasteiger partial charge on any atom is 0.328 e. The number of aromatic amines is 1. The molecule has 0 saturated heterocycles. The molecule has 0 aromatic carbocycles. The number of carbonyl (C=O) groups is 2. The molecule has 0 spiro atoms. The van der Waals surface area contributed by atoms with Crippen LogP contribution in [0.3, 0.4) is 0 Å². The molecule has 0 saturated carbocycles. The van der Waals surface area contributed by atoms with Crippen LogP contribution in [0, 0.1) is 6.92 Å². The first-order valence-corrected chi connectivity index (χ1v) is 5.66. The molecule has 2 aromatic rings. The van der Waals surface area contributed by atoms with E-state index in [1.165, 1.54) is 12.3 Å². The van der Waals surface area contributed by atoms with E-state index >= 15 is 0 Å². The Balaban J connectivity index is 2.41. The number of aryl methyl sites for hydroxylation is 1. The number of fused-ring (bicyclic) bond motifs is 1. The molecule has 0 aliphatic heterocycles. The van der Waals surface area contributed by atoms with E-state index in [4.69, 9.17) is 10.2 Å². The van der Waals surface area contributed by atoms with Crippen LogP contribution in [0.5, 0.6) is 0 Å². The average molecular weight is 280 g/mol. The van der Waals surface area contributed by atoms with Crippen LogP contribution in [0.4, 0.5) is 0 Å². The molecule has 0 aliphatic rings. The van der Waals surface area contributed by atoms with Crippen LogP contribution in [-0.2, 0) is 4.79 Å². The molecule has 2 rings (SSSR count). The predicted octanol–water partition coefficient (Wildman–Crippen LogP) is -1.49. The number of H-pyrrole nitrogens is 1. The van der Waals surface area contributed by atoms with Gasteiger partial charge in [0.25, 0.3) is 11.5 Å². The SMILES string of the molecule is Cc1cc(=O)n2[nH]cc(C(=O)NC(CO)C(=O)O)c2n1. The largest absolute Gasteiger partial charge is 0.480 e. The van der Waals surface area contributed by atoms with Gasteiger partial charge in [-0.3, -0.25) is 14.7 Å². The van der Waals surface area contributed by atoms with Gasteiger partial charge in [-0.15, -0.1) is 0 Å². The van der Waals surface area contributed by atoms with Crippen LogP contribution in [0.2, 0.25) is 0 Å². The fourth-order valence-electron chi connectivity index (χ4n) is 1.68. The van der Waals surface area contributed by atoms with Crippen molar-refractivity contribution in [2.45, 2.75) is 13.0 Å². The zero-order chi connectivity index (χ0) is 14.9. The van der Waals surface area contributed by atoms with E-state index in [9.17, 15) is 14.4 Å². The number of rotatable bonds is 4. The number of carbonyl (C=O) groups excluding carboxylic acids is 1. The smallest absolute Gasteiger partial charge is 0.328 e. The zero-order valence-electron chi connectivity index (χ0n) is 10.5. The summed E-state index contributed by atoms with van der Waals surface area (Å²) in [5, 5.41) is 22.3. The van der Waals surface area contributed by atoms with Crippen LogP contribution in [0.25, 0.3) is 5.65 Å². The molecule has 9 heteroatoms. The number of carboxylic acid groups (broad SMARTS) is 1. The summed E-state index contributed by atoms with van der Waals surface area (Å²) < 4.78 is 1.07. The van der Waals surface area contributed by atoms with Crippen molar-refractivity contribution in [2.24, 2.45) is 0 Å². The number of carboxylic acids is 1. The van der Waals surface area contributed by atoms with Crippen molar-refractivity contribution in [3.63, 3.8) is 0 Å². The Hall–Kier alpha value is -2.68. The summed E-state index contributed by atoms with van der Waals surface area (Å²) in [5.74, 6) is -2.11. The first-order chi connectivity index (χ1) is 9.43. The molecule has 0 bridgehead atoms. The molecule has 20 heavy (non-hydrogen) atoms. The summed E-state index contributed by atoms with van der Waals surface area (Å²) in [6.45, 7) is 0.861. The second-order valence-corrected chi connectivity index (χ2v) is 4.13. The summed E-state index contributed by atoms with van der Waals surface area (Å²) in [7, 11) is 0. The number of nitrogens with one attached hydrogen (secondary N) is 2. The van der Waals surface area contributed by atoms with Crippen molar-refractivity contribution in [2.75, 3.05) is 6.61 Å². The molecule has 2 aromatic heterocycles. The van der Waals surface area contributed by atoms with Crippen molar-refractivity contribution in [3.05, 3.63) is 33.9 Å². The van der Waals surface area contributed by atoms with Crippen molar-refractivity contribution < 1.29 is 19.8 Å². The molecular weight excluding hydrogens is 268 g/mol. The Morgan fingerprint density at radius 1 is 1.55 bits per heavy atom. The van der Waals surface area contributed by atoms with Gasteiger partial charge in [-0.25, -0.2) is 14.3 Å². The summed E-state index contributed by atoms with van der Waals surface area (Å²) in [6, 6.07) is -0.132. The maximum absolute atomic E-state index is 12.0. The lowest BCUT2D eigenvalue weighted by Crippen LogP contribution is -2.43. The minimum atomic E-state index is -1.42. The highest BCUT2D eigenvalue weighted by Crippen LogP contribution is 2.06. The van der Waals surface area contributed by atoms with Gasteiger partial charge in [0.15, 0.2) is 11.7 Å². The Labute approximate surface area is 111 Å².